The van der Waals surface area contributed by atoms with Crippen LogP contribution in [0.5, 0.6) is 5.75 Å². The molecule has 46 heavy (non-hydrogen) atoms. The molecule has 1 aromatic heterocycles. The number of anilines is 5. The number of nitrogens with one attached hydrogen (secondary N) is 2. The Morgan fingerprint density at radius 1 is 1.07 bits per heavy atom. The van der Waals surface area contributed by atoms with Crippen molar-refractivity contribution in [1.82, 2.24) is 14.9 Å². The van der Waals surface area contributed by atoms with E-state index in [1.165, 1.54) is 23.5 Å². The molecular weight excluding hydrogens is 596 g/mol. The number of rotatable bonds is 9. The number of piperidine rings is 1. The summed E-state index contributed by atoms with van der Waals surface area (Å²) in [6.45, 7) is 10.3. The van der Waals surface area contributed by atoms with E-state index in [1.54, 1.807) is 13.2 Å². The summed E-state index contributed by atoms with van der Waals surface area (Å²) in [5.74, 6) is -0.0512. The number of nitrogens with zero attached hydrogens (tertiary/aromatic N) is 5. The van der Waals surface area contributed by atoms with Crippen LogP contribution in [0.25, 0.3) is 0 Å². The highest BCUT2D eigenvalue weighted by atomic mass is 19.1. The first-order valence-corrected chi connectivity index (χ1v) is 15.5. The number of carbonyl (C=O) groups is 1. The highest BCUT2D eigenvalue weighted by Gasteiger charge is 2.32. The normalized spacial score (nSPS) is 20.9. The maximum atomic E-state index is 14.6. The fourth-order valence-electron chi connectivity index (χ4n) is 6.45. The van der Waals surface area contributed by atoms with Crippen molar-refractivity contribution in [3.05, 3.63) is 72.6 Å². The van der Waals surface area contributed by atoms with Gasteiger partial charge in [-0.3, -0.25) is 14.5 Å². The van der Waals surface area contributed by atoms with Crippen molar-refractivity contribution in [3.63, 3.8) is 0 Å². The molecule has 0 bridgehead atoms. The predicted molar refractivity (Wildman–Crippen MR) is 172 cm³/mol. The lowest BCUT2D eigenvalue weighted by Gasteiger charge is -2.42. The van der Waals surface area contributed by atoms with Gasteiger partial charge in [-0.25, -0.2) is 23.8 Å². The maximum Gasteiger partial charge on any atom is 0.247 e. The lowest BCUT2D eigenvalue weighted by molar-refractivity contribution is -0.111. The Labute approximate surface area is 267 Å². The molecule has 3 aromatic rings. The third kappa shape index (κ3) is 6.91. The number of benzene rings is 2. The quantitative estimate of drug-likeness (QED) is 0.305. The molecule has 6 rings (SSSR count). The van der Waals surface area contributed by atoms with E-state index in [1.807, 2.05) is 12.1 Å². The van der Waals surface area contributed by atoms with Gasteiger partial charge in [-0.2, -0.15) is 0 Å². The number of ether oxygens (including phenoxy) is 2. The molecule has 0 radical (unpaired) electrons. The van der Waals surface area contributed by atoms with Crippen LogP contribution >= 0.6 is 0 Å². The second-order valence-corrected chi connectivity index (χ2v) is 11.7. The van der Waals surface area contributed by atoms with Crippen molar-refractivity contribution in [3.8, 4) is 5.75 Å². The number of methoxy groups -OCH3 is 1. The second-order valence-electron chi connectivity index (χ2n) is 11.7. The number of morpholine rings is 1. The van der Waals surface area contributed by atoms with Gasteiger partial charge in [-0.05, 0) is 50.1 Å². The van der Waals surface area contributed by atoms with Crippen LogP contribution in [0.4, 0.5) is 37.5 Å². The first-order valence-electron chi connectivity index (χ1n) is 15.5. The summed E-state index contributed by atoms with van der Waals surface area (Å²) in [6.07, 6.45) is 5.27. The number of carbonyl (C=O) groups excluding carboxylic acids is 1. The summed E-state index contributed by atoms with van der Waals surface area (Å²) in [6, 6.07) is 8.67. The number of hydroxylamine groups is 1. The summed E-state index contributed by atoms with van der Waals surface area (Å²) >= 11 is 0. The first-order chi connectivity index (χ1) is 22.3. The average molecular weight is 636 g/mol. The van der Waals surface area contributed by atoms with E-state index in [4.69, 9.17) is 14.3 Å². The van der Waals surface area contributed by atoms with E-state index in [0.717, 1.165) is 63.4 Å². The molecule has 2 unspecified atom stereocenters. The monoisotopic (exact) mass is 635 g/mol. The fourth-order valence-corrected chi connectivity index (χ4v) is 6.45. The van der Waals surface area contributed by atoms with Crippen LogP contribution in [0.3, 0.4) is 0 Å². The zero-order chi connectivity index (χ0) is 32.2. The minimum Gasteiger partial charge on any atom is -0.494 e. The Kier molecular flexibility index (Phi) is 9.61. The molecule has 3 saturated heterocycles. The number of amides is 1. The van der Waals surface area contributed by atoms with Crippen molar-refractivity contribution >= 4 is 34.6 Å². The van der Waals surface area contributed by atoms with E-state index in [2.05, 4.69) is 43.9 Å². The lowest BCUT2D eigenvalue weighted by atomic mass is 10.0. The van der Waals surface area contributed by atoms with Crippen LogP contribution in [0, 0.1) is 11.6 Å². The van der Waals surface area contributed by atoms with E-state index in [9.17, 15) is 13.6 Å². The van der Waals surface area contributed by atoms with E-state index in [-0.39, 0.29) is 17.6 Å². The molecule has 0 aliphatic carbocycles. The van der Waals surface area contributed by atoms with Gasteiger partial charge in [0, 0.05) is 56.3 Å². The summed E-state index contributed by atoms with van der Waals surface area (Å²) in [7, 11) is 1.58. The van der Waals surface area contributed by atoms with Crippen LogP contribution in [0.1, 0.15) is 37.8 Å². The summed E-state index contributed by atoms with van der Waals surface area (Å²) in [5.41, 5.74) is 2.20. The third-order valence-electron chi connectivity index (χ3n) is 8.72. The van der Waals surface area contributed by atoms with Crippen molar-refractivity contribution in [2.24, 2.45) is 0 Å². The third-order valence-corrected chi connectivity index (χ3v) is 8.72. The Morgan fingerprint density at radius 3 is 2.65 bits per heavy atom. The Morgan fingerprint density at radius 2 is 1.89 bits per heavy atom. The van der Waals surface area contributed by atoms with E-state index in [0.29, 0.717) is 47.8 Å². The van der Waals surface area contributed by atoms with Crippen molar-refractivity contribution in [2.45, 2.75) is 44.4 Å². The van der Waals surface area contributed by atoms with Gasteiger partial charge < -0.3 is 25.0 Å². The zero-order valence-electron chi connectivity index (χ0n) is 26.0. The molecule has 11 nitrogen and oxygen atoms in total. The molecule has 3 fully saturated rings. The zero-order valence-corrected chi connectivity index (χ0v) is 26.0. The van der Waals surface area contributed by atoms with Crippen LogP contribution in [0.15, 0.2) is 55.4 Å². The molecule has 1 amide bonds. The summed E-state index contributed by atoms with van der Waals surface area (Å²) in [5, 5.41) is 7.70. The first kappa shape index (κ1) is 31.6. The highest BCUT2D eigenvalue weighted by Crippen LogP contribution is 2.41. The van der Waals surface area contributed by atoms with Gasteiger partial charge in [-0.15, -0.1) is 0 Å². The van der Waals surface area contributed by atoms with Crippen molar-refractivity contribution in [2.75, 3.05) is 67.1 Å². The van der Waals surface area contributed by atoms with Crippen LogP contribution in [0.2, 0.25) is 0 Å². The van der Waals surface area contributed by atoms with Gasteiger partial charge in [0.15, 0.2) is 5.82 Å². The Hall–Kier alpha value is -4.33. The molecule has 2 N–H and O–H groups in total. The molecule has 2 aromatic carbocycles. The SMILES string of the molecule is C=CC(=O)Nc1cc(Nc2cc(N3OCCC3c3cc(F)ccc3F)ncn2)c(OC)cc1N1CCC(N2CCOC(C)C2)CC1. The molecule has 0 saturated carbocycles. The number of halogens is 2. The summed E-state index contributed by atoms with van der Waals surface area (Å²) in [4.78, 5) is 31.8. The molecule has 3 aliphatic heterocycles. The fraction of sp³-hybridized carbons (Fsp3) is 0.424. The molecule has 0 spiro atoms. The van der Waals surface area contributed by atoms with Gasteiger partial charge in [0.05, 0.1) is 49.5 Å². The van der Waals surface area contributed by atoms with Crippen LogP contribution in [-0.2, 0) is 14.4 Å². The number of hydrogen-bond donors (Lipinski definition) is 2. The molecule has 4 heterocycles. The van der Waals surface area contributed by atoms with E-state index >= 15 is 0 Å². The largest absolute Gasteiger partial charge is 0.494 e. The van der Waals surface area contributed by atoms with Gasteiger partial charge in [0.25, 0.3) is 0 Å². The Balaban J connectivity index is 1.24. The topological polar surface area (TPSA) is 104 Å². The van der Waals surface area contributed by atoms with Gasteiger partial charge in [0.2, 0.25) is 5.91 Å². The molecule has 3 aliphatic rings. The van der Waals surface area contributed by atoms with Gasteiger partial charge in [-0.1, -0.05) is 6.58 Å². The van der Waals surface area contributed by atoms with Crippen LogP contribution < -0.4 is 25.3 Å². The highest BCUT2D eigenvalue weighted by molar-refractivity contribution is 6.02. The second kappa shape index (κ2) is 14.0. The Bertz CT molecular complexity index is 1570. The van der Waals surface area contributed by atoms with Crippen molar-refractivity contribution in [1.29, 1.82) is 0 Å². The predicted octanol–water partition coefficient (Wildman–Crippen LogP) is 5.20. The minimum atomic E-state index is -0.566. The van der Waals surface area contributed by atoms with Crippen molar-refractivity contribution < 1.29 is 27.9 Å². The average Bonchev–Trinajstić information content (AvgIpc) is 3.56. The smallest absolute Gasteiger partial charge is 0.247 e. The molecular formula is C33H39F2N7O4. The molecule has 13 heteroatoms. The molecule has 244 valence electrons. The van der Waals surface area contributed by atoms with Gasteiger partial charge in [0.1, 0.15) is 29.5 Å². The van der Waals surface area contributed by atoms with Crippen LogP contribution in [-0.4, -0.2) is 79.4 Å². The lowest BCUT2D eigenvalue weighted by Crippen LogP contribution is -2.51. The minimum absolute atomic E-state index is 0.189. The number of hydrogen-bond acceptors (Lipinski definition) is 10. The standard InChI is InChI=1S/C33H39F2N7O4/c1-4-33(43)39-26-16-27(30(44-3)17-29(26)40-10-7-23(8-11-40)41-12-14-45-21(2)19-41)38-31-18-32(37-20-36-31)42-28(9-13-46-42)24-15-22(34)5-6-25(24)35/h4-6,15-18,20-21,23,28H,1,7-14,19H2,2-3H3,(H,39,43)(H,36,37,38). The molecule has 2 atom stereocenters. The maximum absolute atomic E-state index is 14.6. The van der Waals surface area contributed by atoms with Gasteiger partial charge >= 0.3 is 0 Å². The number of aromatic nitrogens is 2. The van der Waals surface area contributed by atoms with E-state index < -0.39 is 17.7 Å². The summed E-state index contributed by atoms with van der Waals surface area (Å²) < 4.78 is 40.2.